The van der Waals surface area contributed by atoms with E-state index < -0.39 is 0 Å². The normalized spacial score (nSPS) is 12.0. The summed E-state index contributed by atoms with van der Waals surface area (Å²) in [5.41, 5.74) is 8.87. The van der Waals surface area contributed by atoms with Gasteiger partial charge >= 0.3 is 0 Å². The van der Waals surface area contributed by atoms with Crippen molar-refractivity contribution in [3.8, 4) is 11.5 Å². The molecule has 0 aliphatic carbocycles. The minimum atomic E-state index is -0.266. The van der Waals surface area contributed by atoms with Crippen molar-refractivity contribution >= 4 is 0 Å². The average molecular weight is 289 g/mol. The zero-order valence-electron chi connectivity index (χ0n) is 12.5. The van der Waals surface area contributed by atoms with E-state index in [1.165, 1.54) is 12.1 Å². The summed E-state index contributed by atoms with van der Waals surface area (Å²) in [7, 11) is 3.19. The van der Waals surface area contributed by atoms with Crippen molar-refractivity contribution < 1.29 is 13.9 Å². The topological polar surface area (TPSA) is 44.5 Å². The van der Waals surface area contributed by atoms with Crippen molar-refractivity contribution in [2.45, 2.75) is 19.4 Å². The van der Waals surface area contributed by atoms with Crippen molar-refractivity contribution in [1.29, 1.82) is 0 Å². The maximum Gasteiger partial charge on any atom is 0.160 e. The van der Waals surface area contributed by atoms with E-state index in [1.54, 1.807) is 14.2 Å². The first-order valence-electron chi connectivity index (χ1n) is 6.77. The van der Waals surface area contributed by atoms with Crippen LogP contribution in [0.2, 0.25) is 0 Å². The SMILES string of the molecule is COc1ccc(CC(N)c2cc(C)cc(F)c2)cc1OC. The molecule has 0 aliphatic heterocycles. The summed E-state index contributed by atoms with van der Waals surface area (Å²) < 4.78 is 23.9. The van der Waals surface area contributed by atoms with Gasteiger partial charge in [-0.2, -0.15) is 0 Å². The van der Waals surface area contributed by atoms with Gasteiger partial charge in [-0.1, -0.05) is 12.1 Å². The Kier molecular flexibility index (Phi) is 4.81. The predicted octanol–water partition coefficient (Wildman–Crippen LogP) is 3.39. The minimum Gasteiger partial charge on any atom is -0.493 e. The number of halogens is 1. The van der Waals surface area contributed by atoms with Crippen LogP contribution in [0.4, 0.5) is 4.39 Å². The molecule has 0 aromatic heterocycles. The highest BCUT2D eigenvalue weighted by molar-refractivity contribution is 5.43. The molecule has 0 amide bonds. The van der Waals surface area contributed by atoms with Gasteiger partial charge < -0.3 is 15.2 Å². The van der Waals surface area contributed by atoms with Crippen LogP contribution in [-0.2, 0) is 6.42 Å². The molecule has 0 heterocycles. The monoisotopic (exact) mass is 289 g/mol. The Morgan fingerprint density at radius 3 is 2.38 bits per heavy atom. The summed E-state index contributed by atoms with van der Waals surface area (Å²) in [5, 5.41) is 0. The van der Waals surface area contributed by atoms with E-state index in [-0.39, 0.29) is 11.9 Å². The van der Waals surface area contributed by atoms with Crippen LogP contribution in [0.1, 0.15) is 22.7 Å². The molecule has 2 rings (SSSR count). The average Bonchev–Trinajstić information content (AvgIpc) is 2.46. The van der Waals surface area contributed by atoms with Gasteiger partial charge in [-0.05, 0) is 54.3 Å². The largest absolute Gasteiger partial charge is 0.493 e. The van der Waals surface area contributed by atoms with Crippen molar-refractivity contribution in [2.75, 3.05) is 14.2 Å². The Hall–Kier alpha value is -2.07. The summed E-state index contributed by atoms with van der Waals surface area (Å²) in [5.74, 6) is 1.09. The number of aryl methyl sites for hydroxylation is 1. The Morgan fingerprint density at radius 2 is 1.76 bits per heavy atom. The van der Waals surface area contributed by atoms with E-state index in [0.717, 1.165) is 16.7 Å². The molecule has 2 aromatic rings. The van der Waals surface area contributed by atoms with Gasteiger partial charge in [0.15, 0.2) is 11.5 Å². The molecule has 0 radical (unpaired) electrons. The summed E-state index contributed by atoms with van der Waals surface area (Å²) in [6, 6.07) is 10.3. The third-order valence-corrected chi connectivity index (χ3v) is 3.40. The molecule has 112 valence electrons. The molecule has 0 aliphatic rings. The fourth-order valence-electron chi connectivity index (χ4n) is 2.36. The maximum absolute atomic E-state index is 13.5. The number of methoxy groups -OCH3 is 2. The Labute approximate surface area is 124 Å². The molecule has 0 saturated carbocycles. The molecule has 0 bridgehead atoms. The molecule has 21 heavy (non-hydrogen) atoms. The summed E-state index contributed by atoms with van der Waals surface area (Å²) in [4.78, 5) is 0. The van der Waals surface area contributed by atoms with Crippen molar-refractivity contribution in [1.82, 2.24) is 0 Å². The predicted molar refractivity (Wildman–Crippen MR) is 81.3 cm³/mol. The molecule has 3 nitrogen and oxygen atoms in total. The second-order valence-corrected chi connectivity index (χ2v) is 5.06. The zero-order chi connectivity index (χ0) is 15.4. The first kappa shape index (κ1) is 15.3. The lowest BCUT2D eigenvalue weighted by molar-refractivity contribution is 0.354. The Balaban J connectivity index is 2.20. The summed E-state index contributed by atoms with van der Waals surface area (Å²) in [6.45, 7) is 1.86. The van der Waals surface area contributed by atoms with Gasteiger partial charge in [0.25, 0.3) is 0 Å². The van der Waals surface area contributed by atoms with Gasteiger partial charge in [-0.15, -0.1) is 0 Å². The number of hydrogen-bond donors (Lipinski definition) is 1. The number of ether oxygens (including phenoxy) is 2. The van der Waals surface area contributed by atoms with Crippen LogP contribution in [0.15, 0.2) is 36.4 Å². The van der Waals surface area contributed by atoms with Crippen LogP contribution in [0.3, 0.4) is 0 Å². The van der Waals surface area contributed by atoms with Crippen LogP contribution < -0.4 is 15.2 Å². The van der Waals surface area contributed by atoms with Gasteiger partial charge in [0, 0.05) is 6.04 Å². The van der Waals surface area contributed by atoms with Crippen LogP contribution in [-0.4, -0.2) is 14.2 Å². The van der Waals surface area contributed by atoms with E-state index >= 15 is 0 Å². The van der Waals surface area contributed by atoms with E-state index in [2.05, 4.69) is 0 Å². The van der Waals surface area contributed by atoms with Crippen LogP contribution in [0, 0.1) is 12.7 Å². The fraction of sp³-hybridized carbons (Fsp3) is 0.294. The Bertz CT molecular complexity index is 608. The molecule has 4 heteroatoms. The highest BCUT2D eigenvalue weighted by atomic mass is 19.1. The molecule has 2 aromatic carbocycles. The second kappa shape index (κ2) is 6.59. The Morgan fingerprint density at radius 1 is 1.05 bits per heavy atom. The van der Waals surface area contributed by atoms with Gasteiger partial charge in [-0.3, -0.25) is 0 Å². The van der Waals surface area contributed by atoms with Gasteiger partial charge in [0.2, 0.25) is 0 Å². The molecular formula is C17H20FNO2. The highest BCUT2D eigenvalue weighted by Crippen LogP contribution is 2.29. The first-order chi connectivity index (χ1) is 10.0. The van der Waals surface area contributed by atoms with E-state index in [9.17, 15) is 4.39 Å². The lowest BCUT2D eigenvalue weighted by Gasteiger charge is -2.15. The molecule has 0 saturated heterocycles. The fourth-order valence-corrected chi connectivity index (χ4v) is 2.36. The molecule has 0 fully saturated rings. The molecule has 2 N–H and O–H groups in total. The number of nitrogens with two attached hydrogens (primary N) is 1. The van der Waals surface area contributed by atoms with Crippen molar-refractivity contribution in [3.05, 3.63) is 58.9 Å². The highest BCUT2D eigenvalue weighted by Gasteiger charge is 2.11. The van der Waals surface area contributed by atoms with Gasteiger partial charge in [-0.25, -0.2) is 4.39 Å². The van der Waals surface area contributed by atoms with Crippen molar-refractivity contribution in [3.63, 3.8) is 0 Å². The van der Waals surface area contributed by atoms with Gasteiger partial charge in [0.05, 0.1) is 14.2 Å². The summed E-state index contributed by atoms with van der Waals surface area (Å²) in [6.07, 6.45) is 0.600. The number of benzene rings is 2. The molecule has 0 spiro atoms. The number of hydrogen-bond acceptors (Lipinski definition) is 3. The van der Waals surface area contributed by atoms with E-state index in [0.29, 0.717) is 17.9 Å². The second-order valence-electron chi connectivity index (χ2n) is 5.06. The molecule has 1 unspecified atom stereocenters. The van der Waals surface area contributed by atoms with Crippen LogP contribution in [0.25, 0.3) is 0 Å². The quantitative estimate of drug-likeness (QED) is 0.917. The third kappa shape index (κ3) is 3.73. The van der Waals surface area contributed by atoms with Crippen LogP contribution in [0.5, 0.6) is 11.5 Å². The molecular weight excluding hydrogens is 269 g/mol. The third-order valence-electron chi connectivity index (χ3n) is 3.40. The smallest absolute Gasteiger partial charge is 0.160 e. The van der Waals surface area contributed by atoms with Gasteiger partial charge in [0.1, 0.15) is 5.82 Å². The zero-order valence-corrected chi connectivity index (χ0v) is 12.5. The maximum atomic E-state index is 13.5. The van der Waals surface area contributed by atoms with Crippen molar-refractivity contribution in [2.24, 2.45) is 5.73 Å². The first-order valence-corrected chi connectivity index (χ1v) is 6.77. The number of rotatable bonds is 5. The van der Waals surface area contributed by atoms with E-state index in [4.69, 9.17) is 15.2 Å². The lowest BCUT2D eigenvalue weighted by Crippen LogP contribution is -2.14. The lowest BCUT2D eigenvalue weighted by atomic mass is 9.98. The minimum absolute atomic E-state index is 0.257. The molecule has 1 atom stereocenters. The standard InChI is InChI=1S/C17H20FNO2/c1-11-6-13(10-14(18)7-11)15(19)8-12-4-5-16(20-2)17(9-12)21-3/h4-7,9-10,15H,8,19H2,1-3H3. The van der Waals surface area contributed by atoms with E-state index in [1.807, 2.05) is 31.2 Å². The summed E-state index contributed by atoms with van der Waals surface area (Å²) >= 11 is 0. The van der Waals surface area contributed by atoms with Crippen LogP contribution >= 0.6 is 0 Å².